The lowest BCUT2D eigenvalue weighted by atomic mass is 10.0. The van der Waals surface area contributed by atoms with Crippen molar-refractivity contribution in [1.29, 1.82) is 0 Å². The summed E-state index contributed by atoms with van der Waals surface area (Å²) in [6.07, 6.45) is 0. The maximum absolute atomic E-state index is 5.91. The van der Waals surface area contributed by atoms with Crippen molar-refractivity contribution in [2.75, 3.05) is 13.7 Å². The Morgan fingerprint density at radius 3 is 2.81 bits per heavy atom. The van der Waals surface area contributed by atoms with Crippen molar-refractivity contribution in [3.05, 3.63) is 53.2 Å². The van der Waals surface area contributed by atoms with Crippen LogP contribution in [0.3, 0.4) is 0 Å². The number of ether oxygens (including phenoxy) is 1. The van der Waals surface area contributed by atoms with Gasteiger partial charge in [0, 0.05) is 11.3 Å². The molecule has 0 saturated heterocycles. The van der Waals surface area contributed by atoms with Gasteiger partial charge in [0.1, 0.15) is 12.4 Å². The standard InChI is InChI=1S/C17H20N2OS/c1-11-8-12(2)19-16(9-11)21-15-10-20-14-7-5-4-6-13(14)17(15)18-3/h4-9,15,17-18H,10H2,1-3H3. The fourth-order valence-electron chi connectivity index (χ4n) is 2.80. The minimum Gasteiger partial charge on any atom is -0.492 e. The Morgan fingerprint density at radius 1 is 1.24 bits per heavy atom. The predicted molar refractivity (Wildman–Crippen MR) is 87.1 cm³/mol. The van der Waals surface area contributed by atoms with Gasteiger partial charge in [-0.1, -0.05) is 30.0 Å². The van der Waals surface area contributed by atoms with Gasteiger partial charge in [0.15, 0.2) is 0 Å². The maximum Gasteiger partial charge on any atom is 0.124 e. The highest BCUT2D eigenvalue weighted by atomic mass is 32.2. The van der Waals surface area contributed by atoms with Gasteiger partial charge in [-0.25, -0.2) is 4.98 Å². The van der Waals surface area contributed by atoms with Gasteiger partial charge < -0.3 is 10.1 Å². The summed E-state index contributed by atoms with van der Waals surface area (Å²) in [6.45, 7) is 4.85. The summed E-state index contributed by atoms with van der Waals surface area (Å²) < 4.78 is 5.91. The van der Waals surface area contributed by atoms with Crippen LogP contribution in [-0.2, 0) is 0 Å². The van der Waals surface area contributed by atoms with Crippen LogP contribution in [0.5, 0.6) is 5.75 Å². The molecule has 3 rings (SSSR count). The number of aryl methyl sites for hydroxylation is 2. The molecule has 1 N–H and O–H groups in total. The van der Waals surface area contributed by atoms with Gasteiger partial charge in [0.25, 0.3) is 0 Å². The third kappa shape index (κ3) is 3.06. The molecule has 0 fully saturated rings. The quantitative estimate of drug-likeness (QED) is 0.940. The first-order valence-corrected chi connectivity index (χ1v) is 8.06. The summed E-state index contributed by atoms with van der Waals surface area (Å²) in [5.74, 6) is 0.988. The number of pyridine rings is 1. The van der Waals surface area contributed by atoms with E-state index in [-0.39, 0.29) is 6.04 Å². The van der Waals surface area contributed by atoms with E-state index in [9.17, 15) is 0 Å². The molecule has 2 aromatic rings. The number of hydrogen-bond acceptors (Lipinski definition) is 4. The van der Waals surface area contributed by atoms with Gasteiger partial charge in [0.05, 0.1) is 16.3 Å². The Bertz CT molecular complexity index is 624. The summed E-state index contributed by atoms with van der Waals surface area (Å²) in [4.78, 5) is 4.63. The number of rotatable bonds is 3. The SMILES string of the molecule is CNC1c2ccccc2OCC1Sc1cc(C)cc(C)n1. The summed E-state index contributed by atoms with van der Waals surface area (Å²) >= 11 is 1.79. The van der Waals surface area contributed by atoms with Gasteiger partial charge in [-0.2, -0.15) is 0 Å². The minimum absolute atomic E-state index is 0.280. The zero-order valence-corrected chi connectivity index (χ0v) is 13.4. The van der Waals surface area contributed by atoms with Crippen molar-refractivity contribution >= 4 is 11.8 Å². The maximum atomic E-state index is 5.91. The van der Waals surface area contributed by atoms with Crippen LogP contribution < -0.4 is 10.1 Å². The second-order valence-corrected chi connectivity index (χ2v) is 6.66. The van der Waals surface area contributed by atoms with E-state index in [0.717, 1.165) is 16.5 Å². The van der Waals surface area contributed by atoms with Crippen LogP contribution in [0.4, 0.5) is 0 Å². The zero-order valence-electron chi connectivity index (χ0n) is 12.6. The Balaban J connectivity index is 1.86. The number of hydrogen-bond donors (Lipinski definition) is 1. The third-order valence-corrected chi connectivity index (χ3v) is 4.85. The Labute approximate surface area is 130 Å². The smallest absolute Gasteiger partial charge is 0.124 e. The topological polar surface area (TPSA) is 34.1 Å². The van der Waals surface area contributed by atoms with E-state index in [1.54, 1.807) is 11.8 Å². The summed E-state index contributed by atoms with van der Waals surface area (Å²) in [5.41, 5.74) is 3.55. The van der Waals surface area contributed by atoms with Crippen LogP contribution in [0.15, 0.2) is 41.4 Å². The highest BCUT2D eigenvalue weighted by Gasteiger charge is 2.30. The van der Waals surface area contributed by atoms with Crippen molar-refractivity contribution in [3.8, 4) is 5.75 Å². The normalized spacial score (nSPS) is 20.7. The fourth-order valence-corrected chi connectivity index (χ4v) is 4.12. The average Bonchev–Trinajstić information content (AvgIpc) is 2.46. The lowest BCUT2D eigenvalue weighted by molar-refractivity contribution is 0.265. The molecule has 0 spiro atoms. The van der Waals surface area contributed by atoms with Crippen LogP contribution in [-0.4, -0.2) is 23.9 Å². The predicted octanol–water partition coefficient (Wildman–Crippen LogP) is 3.51. The van der Waals surface area contributed by atoms with E-state index in [1.807, 2.05) is 26.1 Å². The number of fused-ring (bicyclic) bond motifs is 1. The number of thioether (sulfide) groups is 1. The van der Waals surface area contributed by atoms with E-state index < -0.39 is 0 Å². The van der Waals surface area contributed by atoms with Crippen LogP contribution in [0, 0.1) is 13.8 Å². The van der Waals surface area contributed by atoms with E-state index in [4.69, 9.17) is 4.74 Å². The molecule has 0 amide bonds. The monoisotopic (exact) mass is 300 g/mol. The average molecular weight is 300 g/mol. The van der Waals surface area contributed by atoms with E-state index in [2.05, 4.69) is 41.5 Å². The van der Waals surface area contributed by atoms with Crippen molar-refractivity contribution < 1.29 is 4.74 Å². The van der Waals surface area contributed by atoms with E-state index >= 15 is 0 Å². The second kappa shape index (κ2) is 6.08. The third-order valence-electron chi connectivity index (χ3n) is 3.69. The number of nitrogens with one attached hydrogen (secondary N) is 1. The molecule has 3 nitrogen and oxygen atoms in total. The lowest BCUT2D eigenvalue weighted by Crippen LogP contribution is -2.35. The first-order chi connectivity index (χ1) is 10.2. The molecule has 4 heteroatoms. The van der Waals surface area contributed by atoms with E-state index in [1.165, 1.54) is 11.1 Å². The molecule has 2 unspecified atom stereocenters. The molecule has 0 radical (unpaired) electrons. The molecule has 0 aliphatic carbocycles. The lowest BCUT2D eigenvalue weighted by Gasteiger charge is -2.32. The summed E-state index contributed by atoms with van der Waals surface area (Å²) in [7, 11) is 2.01. The number of benzene rings is 1. The zero-order chi connectivity index (χ0) is 14.8. The molecule has 1 aromatic heterocycles. The van der Waals surface area contributed by atoms with Gasteiger partial charge in [-0.05, 0) is 44.7 Å². The number of para-hydroxylation sites is 1. The van der Waals surface area contributed by atoms with Gasteiger partial charge >= 0.3 is 0 Å². The van der Waals surface area contributed by atoms with Crippen molar-refractivity contribution in [1.82, 2.24) is 10.3 Å². The van der Waals surface area contributed by atoms with Crippen LogP contribution in [0.1, 0.15) is 22.9 Å². The highest BCUT2D eigenvalue weighted by molar-refractivity contribution is 7.99. The molecular weight excluding hydrogens is 280 g/mol. The second-order valence-electron chi connectivity index (χ2n) is 5.40. The molecule has 0 bridgehead atoms. The first-order valence-electron chi connectivity index (χ1n) is 7.18. The van der Waals surface area contributed by atoms with Gasteiger partial charge in [-0.15, -0.1) is 0 Å². The Kier molecular flexibility index (Phi) is 4.17. The van der Waals surface area contributed by atoms with Gasteiger partial charge in [0.2, 0.25) is 0 Å². The summed E-state index contributed by atoms with van der Waals surface area (Å²) in [6, 6.07) is 12.8. The molecule has 2 atom stereocenters. The molecule has 1 aromatic carbocycles. The molecule has 0 saturated carbocycles. The van der Waals surface area contributed by atoms with Crippen LogP contribution >= 0.6 is 11.8 Å². The van der Waals surface area contributed by atoms with Crippen LogP contribution in [0.25, 0.3) is 0 Å². The summed E-state index contributed by atoms with van der Waals surface area (Å²) in [5, 5.41) is 4.82. The fraction of sp³-hybridized carbons (Fsp3) is 0.353. The van der Waals surface area contributed by atoms with E-state index in [0.29, 0.717) is 11.9 Å². The largest absolute Gasteiger partial charge is 0.492 e. The first kappa shape index (κ1) is 14.4. The molecule has 1 aliphatic heterocycles. The molecule has 110 valence electrons. The molecule has 1 aliphatic rings. The van der Waals surface area contributed by atoms with Gasteiger partial charge in [-0.3, -0.25) is 0 Å². The minimum atomic E-state index is 0.280. The number of aromatic nitrogens is 1. The molecule has 21 heavy (non-hydrogen) atoms. The Morgan fingerprint density at radius 2 is 2.05 bits per heavy atom. The highest BCUT2D eigenvalue weighted by Crippen LogP contribution is 2.39. The van der Waals surface area contributed by atoms with Crippen molar-refractivity contribution in [2.24, 2.45) is 0 Å². The molecular formula is C17H20N2OS. The van der Waals surface area contributed by atoms with Crippen molar-refractivity contribution in [2.45, 2.75) is 30.2 Å². The number of nitrogens with zero attached hydrogens (tertiary/aromatic N) is 1. The van der Waals surface area contributed by atoms with Crippen molar-refractivity contribution in [3.63, 3.8) is 0 Å². The van der Waals surface area contributed by atoms with Crippen LogP contribution in [0.2, 0.25) is 0 Å². The molecule has 2 heterocycles. The Hall–Kier alpha value is -1.52.